The molecule has 560 valence electrons. The van der Waals surface area contributed by atoms with Gasteiger partial charge in [-0.25, -0.2) is 0 Å². The maximum atomic E-state index is 6.94. The van der Waals surface area contributed by atoms with Gasteiger partial charge in [0.25, 0.3) is 0 Å². The maximum Gasteiger partial charge on any atom is 0.143 e. The molecule has 0 aliphatic heterocycles. The van der Waals surface area contributed by atoms with Crippen molar-refractivity contribution in [3.05, 3.63) is 385 Å². The first-order valence-corrected chi connectivity index (χ1v) is 40.5. The van der Waals surface area contributed by atoms with Crippen LogP contribution in [0.3, 0.4) is 0 Å². The minimum absolute atomic E-state index is 0.864. The number of para-hydroxylation sites is 8. The van der Waals surface area contributed by atoms with Gasteiger partial charge in [-0.15, -0.1) is 0 Å². The normalized spacial score (nSPS) is 12.0. The first-order valence-electron chi connectivity index (χ1n) is 40.5. The van der Waals surface area contributed by atoms with Crippen LogP contribution in [0.25, 0.3) is 152 Å². The lowest BCUT2D eigenvalue weighted by molar-refractivity contribution is 0.672. The van der Waals surface area contributed by atoms with Crippen LogP contribution in [0.15, 0.2) is 370 Å². The topological polar surface area (TPSA) is 65.5 Å². The van der Waals surface area contributed by atoms with E-state index in [-0.39, 0.29) is 0 Å². The van der Waals surface area contributed by atoms with Crippen molar-refractivity contribution in [1.82, 2.24) is 0 Å². The molecule has 8 nitrogen and oxygen atoms in total. The fourth-order valence-corrected chi connectivity index (χ4v) is 19.0. The number of rotatable bonds is 12. The molecule has 0 spiro atoms. The maximum absolute atomic E-state index is 6.94. The molecule has 8 heteroatoms. The number of anilines is 12. The quantitative estimate of drug-likeness (QED) is 0.112. The summed E-state index contributed by atoms with van der Waals surface area (Å²) in [4.78, 5) is 9.32. The van der Waals surface area contributed by atoms with Gasteiger partial charge in [-0.2, -0.15) is 0 Å². The van der Waals surface area contributed by atoms with Gasteiger partial charge in [-0.3, -0.25) is 0 Å². The molecular weight excluding hydrogens is 1440 g/mol. The Morgan fingerprint density at radius 1 is 0.161 bits per heavy atom. The largest absolute Gasteiger partial charge is 0.455 e. The van der Waals surface area contributed by atoms with E-state index in [2.05, 4.69) is 413 Å². The Labute approximate surface area is 680 Å². The molecule has 0 radical (unpaired) electrons. The molecular formula is C110H76N4O4. The van der Waals surface area contributed by atoms with Gasteiger partial charge in [0, 0.05) is 179 Å². The molecule has 0 saturated heterocycles. The molecule has 0 bridgehead atoms. The van der Waals surface area contributed by atoms with Crippen LogP contribution in [0.5, 0.6) is 0 Å². The molecule has 4 heterocycles. The smallest absolute Gasteiger partial charge is 0.143 e. The number of nitrogens with zero attached hydrogens (tertiary/aromatic N) is 4. The lowest BCUT2D eigenvalue weighted by Crippen LogP contribution is -2.12. The van der Waals surface area contributed by atoms with Gasteiger partial charge in [-0.05, 0) is 254 Å². The summed E-state index contributed by atoms with van der Waals surface area (Å²) in [5, 5.41) is 22.9. The molecule has 118 heavy (non-hydrogen) atoms. The monoisotopic (exact) mass is 1520 g/mol. The molecule has 0 fully saturated rings. The Kier molecular flexibility index (Phi) is 15.5. The molecule has 24 aromatic rings. The summed E-state index contributed by atoms with van der Waals surface area (Å²) in [5.41, 5.74) is 27.6. The second-order valence-electron chi connectivity index (χ2n) is 31.7. The number of fused-ring (bicyclic) bond motifs is 16. The molecule has 0 aliphatic rings. The number of benzene rings is 20. The van der Waals surface area contributed by atoms with Gasteiger partial charge in [-0.1, -0.05) is 170 Å². The Morgan fingerprint density at radius 3 is 0.602 bits per heavy atom. The van der Waals surface area contributed by atoms with E-state index in [4.69, 9.17) is 17.7 Å². The van der Waals surface area contributed by atoms with Crippen LogP contribution in [-0.2, 0) is 0 Å². The molecule has 0 amide bonds. The van der Waals surface area contributed by atoms with Gasteiger partial charge < -0.3 is 37.3 Å². The molecule has 20 aromatic carbocycles. The third-order valence-electron chi connectivity index (χ3n) is 24.7. The lowest BCUT2D eigenvalue weighted by atomic mass is 9.91. The third kappa shape index (κ3) is 10.7. The first-order chi connectivity index (χ1) is 58.0. The first kappa shape index (κ1) is 68.5. The van der Waals surface area contributed by atoms with Crippen molar-refractivity contribution in [2.45, 2.75) is 41.5 Å². The standard InChI is InChI=1S/C56H40N2O2.C54H36N2O2/c1-33-13-5-9-17-47(33)57(48-18-10-6-14-34(48)2)39-23-27-41-45-29-37-22-26-44-54-38(21-25-43(53(37)54)55(45)59-51(41)31-39)30-46-42-28-24-40(32-52(42)60-56(44)46)58(49-19-11-7-15-35(49)3)50-20-12-8-16-36(50)4;1-33-13-9-11-19-47(33)55(37-15-5-3-6-16-37)39-23-27-41-45-29-35-22-26-44-52-36(21-25-43(51(35)52)53(45)57-49(41)31-39)30-46-42-28-24-40(32-50(42)58-54(44)46)56(38-17-7-4-8-18-38)48-20-12-10-14-34(48)2/h5-32H,1-4H3;3-32H,1-2H3. The number of hydrogen-bond acceptors (Lipinski definition) is 8. The van der Waals surface area contributed by atoms with E-state index in [1.54, 1.807) is 0 Å². The Balaban J connectivity index is 0.000000138. The average molecular weight is 1520 g/mol. The molecule has 4 aromatic heterocycles. The van der Waals surface area contributed by atoms with E-state index in [0.29, 0.717) is 0 Å². The molecule has 0 unspecified atom stereocenters. The number of hydrogen-bond donors (Lipinski definition) is 0. The van der Waals surface area contributed by atoms with Crippen molar-refractivity contribution in [2.24, 2.45) is 0 Å². The lowest BCUT2D eigenvalue weighted by Gasteiger charge is -2.28. The third-order valence-corrected chi connectivity index (χ3v) is 24.7. The second kappa shape index (κ2) is 26.7. The van der Waals surface area contributed by atoms with Gasteiger partial charge in [0.2, 0.25) is 0 Å². The van der Waals surface area contributed by atoms with Gasteiger partial charge in [0.05, 0.1) is 0 Å². The van der Waals surface area contributed by atoms with E-state index in [1.807, 2.05) is 0 Å². The van der Waals surface area contributed by atoms with E-state index in [0.717, 1.165) is 178 Å². The van der Waals surface area contributed by atoms with Crippen LogP contribution in [0.2, 0.25) is 0 Å². The Hall–Kier alpha value is -15.1. The Bertz CT molecular complexity index is 7620. The predicted octanol–water partition coefficient (Wildman–Crippen LogP) is 32.5. The summed E-state index contributed by atoms with van der Waals surface area (Å²) in [6.45, 7) is 13.0. The highest BCUT2D eigenvalue weighted by molar-refractivity contribution is 6.36. The summed E-state index contributed by atoms with van der Waals surface area (Å²) in [6, 6.07) is 126. The highest BCUT2D eigenvalue weighted by atomic mass is 16.3. The summed E-state index contributed by atoms with van der Waals surface area (Å²) < 4.78 is 27.7. The highest BCUT2D eigenvalue weighted by Crippen LogP contribution is 2.52. The zero-order valence-electron chi connectivity index (χ0n) is 65.9. The van der Waals surface area contributed by atoms with Crippen LogP contribution >= 0.6 is 0 Å². The van der Waals surface area contributed by atoms with Crippen LogP contribution < -0.4 is 19.6 Å². The van der Waals surface area contributed by atoms with Crippen molar-refractivity contribution in [1.29, 1.82) is 0 Å². The van der Waals surface area contributed by atoms with E-state index in [1.165, 1.54) is 76.5 Å². The summed E-state index contributed by atoms with van der Waals surface area (Å²) >= 11 is 0. The van der Waals surface area contributed by atoms with Crippen LogP contribution in [0.1, 0.15) is 33.4 Å². The van der Waals surface area contributed by atoms with Gasteiger partial charge in [0.15, 0.2) is 0 Å². The van der Waals surface area contributed by atoms with Crippen LogP contribution in [0.4, 0.5) is 68.2 Å². The SMILES string of the molecule is Cc1ccccc1N(c1ccc2c(c1)oc1c2cc2ccc3c4oc5cc(N(c6ccccc6C)c6ccccc6C)ccc5c4cc4ccc1c2c43)c1ccccc1C.Cc1ccccc1N(c1ccccc1)c1ccc2c(c1)oc1c2cc2ccc3c4oc5cc(N(c6ccccc6)c6ccccc6C)ccc5c4cc4ccc1c2c43. The molecule has 0 atom stereocenters. The van der Waals surface area contributed by atoms with Crippen LogP contribution in [0, 0.1) is 41.5 Å². The predicted molar refractivity (Wildman–Crippen MR) is 497 cm³/mol. The zero-order chi connectivity index (χ0) is 78.7. The summed E-state index contributed by atoms with van der Waals surface area (Å²) in [6.07, 6.45) is 0. The molecule has 0 N–H and O–H groups in total. The summed E-state index contributed by atoms with van der Waals surface area (Å²) in [5.74, 6) is 0. The second-order valence-corrected chi connectivity index (χ2v) is 31.7. The number of aryl methyl sites for hydroxylation is 6. The highest BCUT2D eigenvalue weighted by Gasteiger charge is 2.28. The number of furan rings is 4. The van der Waals surface area contributed by atoms with Crippen molar-refractivity contribution in [3.63, 3.8) is 0 Å². The zero-order valence-corrected chi connectivity index (χ0v) is 65.9. The van der Waals surface area contributed by atoms with Gasteiger partial charge in [0.1, 0.15) is 44.7 Å². The van der Waals surface area contributed by atoms with Crippen molar-refractivity contribution in [3.8, 4) is 0 Å². The average Bonchev–Trinajstić information content (AvgIpc) is 1.50. The fourth-order valence-electron chi connectivity index (χ4n) is 19.0. The van der Waals surface area contributed by atoms with Crippen LogP contribution in [-0.4, -0.2) is 0 Å². The minimum atomic E-state index is 0.864. The summed E-state index contributed by atoms with van der Waals surface area (Å²) in [7, 11) is 0. The van der Waals surface area contributed by atoms with E-state index < -0.39 is 0 Å². The van der Waals surface area contributed by atoms with Crippen molar-refractivity contribution >= 4 is 221 Å². The van der Waals surface area contributed by atoms with Crippen molar-refractivity contribution < 1.29 is 17.7 Å². The molecule has 0 saturated carbocycles. The Morgan fingerprint density at radius 2 is 0.364 bits per heavy atom. The van der Waals surface area contributed by atoms with Gasteiger partial charge >= 0.3 is 0 Å². The molecule has 24 rings (SSSR count). The van der Waals surface area contributed by atoms with E-state index in [9.17, 15) is 0 Å². The van der Waals surface area contributed by atoms with Crippen molar-refractivity contribution in [2.75, 3.05) is 19.6 Å². The fraction of sp³-hybridized carbons (Fsp3) is 0.0545. The molecule has 0 aliphatic carbocycles. The minimum Gasteiger partial charge on any atom is -0.455 e. The van der Waals surface area contributed by atoms with E-state index >= 15 is 0 Å².